The van der Waals surface area contributed by atoms with Crippen molar-refractivity contribution in [3.63, 3.8) is 0 Å². The molecule has 1 rings (SSSR count). The topological polar surface area (TPSA) is 44.6 Å². The van der Waals surface area contributed by atoms with Crippen LogP contribution in [0, 0.1) is 5.21 Å². The van der Waals surface area contributed by atoms with Gasteiger partial charge in [0.15, 0.2) is 5.78 Å². The van der Waals surface area contributed by atoms with Gasteiger partial charge in [-0.1, -0.05) is 0 Å². The van der Waals surface area contributed by atoms with Crippen molar-refractivity contribution < 1.29 is 14.3 Å². The Hall–Kier alpha value is -0.450. The molecule has 4 nitrogen and oxygen atoms in total. The number of hydrogen-bond acceptors (Lipinski definition) is 2. The van der Waals surface area contributed by atoms with E-state index in [2.05, 4.69) is 0 Å². The fraction of sp³-hybridized carbons (Fsp3) is 0.875. The highest BCUT2D eigenvalue weighted by molar-refractivity contribution is 5.79. The fourth-order valence-electron chi connectivity index (χ4n) is 1.57. The minimum Gasteiger partial charge on any atom is -0.630 e. The number of nitrogens with one attached hydrogen (secondary N) is 1. The number of rotatable bonds is 1. The lowest BCUT2D eigenvalue weighted by molar-refractivity contribution is -1.08. The van der Waals surface area contributed by atoms with E-state index in [0.29, 0.717) is 23.9 Å². The molecule has 2 unspecified atom stereocenters. The molecule has 0 spiro atoms. The van der Waals surface area contributed by atoms with Gasteiger partial charge in [-0.15, -0.1) is 0 Å². The first-order valence-corrected chi connectivity index (χ1v) is 4.27. The van der Waals surface area contributed by atoms with Gasteiger partial charge in [-0.2, -0.15) is 0 Å². The van der Waals surface area contributed by atoms with Crippen LogP contribution in [0.15, 0.2) is 0 Å². The summed E-state index contributed by atoms with van der Waals surface area (Å²) in [6.45, 7) is 0.443. The lowest BCUT2D eigenvalue weighted by Gasteiger charge is -2.42. The van der Waals surface area contributed by atoms with Gasteiger partial charge in [-0.3, -0.25) is 9.28 Å². The van der Waals surface area contributed by atoms with E-state index in [9.17, 15) is 10.0 Å². The summed E-state index contributed by atoms with van der Waals surface area (Å²) in [5, 5.41) is 11.7. The van der Waals surface area contributed by atoms with Crippen LogP contribution >= 0.6 is 0 Å². The van der Waals surface area contributed by atoms with E-state index < -0.39 is 0 Å². The Morgan fingerprint density at radius 1 is 1.50 bits per heavy atom. The monoisotopic (exact) mass is 173 g/mol. The van der Waals surface area contributed by atoms with Crippen molar-refractivity contribution in [2.45, 2.75) is 19.0 Å². The summed E-state index contributed by atoms with van der Waals surface area (Å²) in [5.74, 6) is 0.229. The third kappa shape index (κ3) is 2.03. The van der Waals surface area contributed by atoms with Crippen LogP contribution in [0.4, 0.5) is 0 Å². The Morgan fingerprint density at radius 2 is 2.08 bits per heavy atom. The Labute approximate surface area is 72.9 Å². The zero-order chi connectivity index (χ0) is 9.35. The SMILES string of the molecule is C[N+](C)(C)C1CC(=O)CC[NH+]1[O-]. The fourth-order valence-corrected chi connectivity index (χ4v) is 1.57. The van der Waals surface area contributed by atoms with E-state index >= 15 is 0 Å². The van der Waals surface area contributed by atoms with Crippen molar-refractivity contribution in [2.75, 3.05) is 27.7 Å². The second-order valence-corrected chi connectivity index (χ2v) is 4.34. The molecule has 0 amide bonds. The van der Waals surface area contributed by atoms with Crippen LogP contribution in [-0.4, -0.2) is 44.1 Å². The van der Waals surface area contributed by atoms with Crippen LogP contribution in [-0.2, 0) is 4.79 Å². The van der Waals surface area contributed by atoms with Crippen LogP contribution in [0.1, 0.15) is 12.8 Å². The van der Waals surface area contributed by atoms with E-state index in [1.807, 2.05) is 21.1 Å². The molecular formula is C8H17N2O2+. The van der Waals surface area contributed by atoms with Crippen molar-refractivity contribution in [3.05, 3.63) is 5.21 Å². The van der Waals surface area contributed by atoms with Crippen LogP contribution < -0.4 is 5.06 Å². The molecule has 1 N–H and O–H groups in total. The molecule has 1 heterocycles. The minimum atomic E-state index is -0.105. The van der Waals surface area contributed by atoms with Gasteiger partial charge in [-0.25, -0.2) is 0 Å². The van der Waals surface area contributed by atoms with E-state index in [-0.39, 0.29) is 17.0 Å². The number of Topliss-reactive ketones (excluding diaryl/α,β-unsaturated/α-hetero) is 1. The average Bonchev–Trinajstić information content (AvgIpc) is 1.92. The number of hydrogen-bond donors (Lipinski definition) is 1. The first-order valence-electron chi connectivity index (χ1n) is 4.27. The first kappa shape index (κ1) is 9.64. The maximum atomic E-state index is 11.4. The number of quaternary nitrogens is 2. The van der Waals surface area contributed by atoms with Gasteiger partial charge in [0.05, 0.1) is 34.1 Å². The summed E-state index contributed by atoms with van der Waals surface area (Å²) < 4.78 is 0.574. The summed E-state index contributed by atoms with van der Waals surface area (Å²) in [6, 6.07) is 0. The highest BCUT2D eigenvalue weighted by Crippen LogP contribution is 2.06. The quantitative estimate of drug-likeness (QED) is 0.398. The average molecular weight is 173 g/mol. The van der Waals surface area contributed by atoms with Crippen LogP contribution in [0.3, 0.4) is 0 Å². The van der Waals surface area contributed by atoms with Gasteiger partial charge >= 0.3 is 0 Å². The third-order valence-electron chi connectivity index (χ3n) is 2.38. The maximum Gasteiger partial charge on any atom is 0.221 e. The maximum absolute atomic E-state index is 11.4. The number of hydroxylamine groups is 2. The molecule has 70 valence electrons. The Balaban J connectivity index is 2.67. The molecule has 1 aliphatic heterocycles. The van der Waals surface area contributed by atoms with Gasteiger partial charge < -0.3 is 10.3 Å². The molecule has 0 radical (unpaired) electrons. The molecule has 0 aliphatic carbocycles. The van der Waals surface area contributed by atoms with Gasteiger partial charge in [-0.05, 0) is 0 Å². The molecule has 1 fully saturated rings. The third-order valence-corrected chi connectivity index (χ3v) is 2.38. The Morgan fingerprint density at radius 3 is 2.50 bits per heavy atom. The van der Waals surface area contributed by atoms with Crippen molar-refractivity contribution >= 4 is 5.78 Å². The summed E-state index contributed by atoms with van der Waals surface area (Å²) in [7, 11) is 5.88. The predicted molar refractivity (Wildman–Crippen MR) is 45.3 cm³/mol. The number of carbonyl (C=O) groups excluding carboxylic acids is 1. The van der Waals surface area contributed by atoms with Crippen LogP contribution in [0.5, 0.6) is 0 Å². The Bertz CT molecular complexity index is 186. The highest BCUT2D eigenvalue weighted by Gasteiger charge is 2.35. The lowest BCUT2D eigenvalue weighted by atomic mass is 10.1. The molecule has 1 saturated heterocycles. The number of carbonyl (C=O) groups is 1. The molecule has 0 saturated carbocycles. The molecule has 0 aromatic heterocycles. The van der Waals surface area contributed by atoms with Crippen molar-refractivity contribution in [1.29, 1.82) is 0 Å². The lowest BCUT2D eigenvalue weighted by Crippen LogP contribution is -3.15. The largest absolute Gasteiger partial charge is 0.630 e. The molecule has 1 aliphatic rings. The van der Waals surface area contributed by atoms with Crippen molar-refractivity contribution in [1.82, 2.24) is 0 Å². The summed E-state index contributed by atoms with van der Waals surface area (Å²) in [6.07, 6.45) is 0.781. The van der Waals surface area contributed by atoms with Gasteiger partial charge in [0.25, 0.3) is 0 Å². The van der Waals surface area contributed by atoms with E-state index in [1.165, 1.54) is 0 Å². The van der Waals surface area contributed by atoms with E-state index in [4.69, 9.17) is 0 Å². The van der Waals surface area contributed by atoms with Gasteiger partial charge in [0.1, 0.15) is 6.42 Å². The highest BCUT2D eigenvalue weighted by atomic mass is 16.5. The summed E-state index contributed by atoms with van der Waals surface area (Å²) >= 11 is 0. The van der Waals surface area contributed by atoms with Gasteiger partial charge in [0.2, 0.25) is 6.17 Å². The van der Waals surface area contributed by atoms with E-state index in [0.717, 1.165) is 0 Å². The minimum absolute atomic E-state index is 0.105. The molecule has 0 aromatic rings. The molecular weight excluding hydrogens is 156 g/mol. The van der Waals surface area contributed by atoms with Crippen LogP contribution in [0.25, 0.3) is 0 Å². The number of piperidine rings is 1. The van der Waals surface area contributed by atoms with Crippen molar-refractivity contribution in [3.8, 4) is 0 Å². The zero-order valence-electron chi connectivity index (χ0n) is 7.96. The smallest absolute Gasteiger partial charge is 0.221 e. The molecule has 2 atom stereocenters. The van der Waals surface area contributed by atoms with Crippen molar-refractivity contribution in [2.24, 2.45) is 0 Å². The summed E-state index contributed by atoms with van der Waals surface area (Å²) in [4.78, 5) is 11.1. The number of nitrogens with zero attached hydrogens (tertiary/aromatic N) is 1. The predicted octanol–water partition coefficient (Wildman–Crippen LogP) is -1.24. The summed E-state index contributed by atoms with van der Waals surface area (Å²) in [5.41, 5.74) is 0. The standard InChI is InChI=1S/C8H17N2O2/c1-10(2,3)8-6-7(11)4-5-9(8)12/h8-9H,4-6H2,1-3H3/q+1. The molecule has 4 heteroatoms. The van der Waals surface area contributed by atoms with E-state index in [1.54, 1.807) is 0 Å². The molecule has 0 bridgehead atoms. The normalized spacial score (nSPS) is 32.2. The number of ketones is 1. The zero-order valence-corrected chi connectivity index (χ0v) is 7.96. The second kappa shape index (κ2) is 3.12. The molecule has 12 heavy (non-hydrogen) atoms. The Kier molecular flexibility index (Phi) is 2.51. The van der Waals surface area contributed by atoms with Gasteiger partial charge in [0, 0.05) is 0 Å². The second-order valence-electron chi connectivity index (χ2n) is 4.34. The molecule has 0 aromatic carbocycles. The first-order chi connectivity index (χ1) is 5.41. The van der Waals surface area contributed by atoms with Crippen LogP contribution in [0.2, 0.25) is 0 Å².